The summed E-state index contributed by atoms with van der Waals surface area (Å²) in [6.45, 7) is 9.28. The zero-order valence-corrected chi connectivity index (χ0v) is 8.82. The van der Waals surface area contributed by atoms with Crippen molar-refractivity contribution in [2.45, 2.75) is 46.5 Å². The molecule has 12 heavy (non-hydrogen) atoms. The van der Waals surface area contributed by atoms with E-state index in [4.69, 9.17) is 0 Å². The first-order chi connectivity index (χ1) is 5.68. The Morgan fingerprint density at radius 2 is 2.00 bits per heavy atom. The van der Waals surface area contributed by atoms with Crippen molar-refractivity contribution in [1.82, 2.24) is 5.32 Å². The van der Waals surface area contributed by atoms with E-state index in [0.29, 0.717) is 0 Å². The topological polar surface area (TPSA) is 12.0 Å². The summed E-state index contributed by atoms with van der Waals surface area (Å²) in [5.74, 6) is 0.794. The molecule has 1 aliphatic carbocycles. The lowest BCUT2D eigenvalue weighted by molar-refractivity contribution is 0.405. The normalized spacial score (nSPS) is 20.0. The summed E-state index contributed by atoms with van der Waals surface area (Å²) in [6.07, 6.45) is 5.71. The SMILES string of the molecule is CCCC1(CNCC(C)C)CC1. The van der Waals surface area contributed by atoms with E-state index in [1.54, 1.807) is 0 Å². The lowest BCUT2D eigenvalue weighted by atomic mass is 10.0. The maximum Gasteiger partial charge on any atom is 0.000792 e. The van der Waals surface area contributed by atoms with Crippen LogP contribution in [-0.2, 0) is 0 Å². The molecule has 72 valence electrons. The van der Waals surface area contributed by atoms with Crippen molar-refractivity contribution in [3.05, 3.63) is 0 Å². The number of rotatable bonds is 6. The standard InChI is InChI=1S/C11H23N/c1-4-5-11(6-7-11)9-12-8-10(2)3/h10,12H,4-9H2,1-3H3. The molecule has 0 spiro atoms. The van der Waals surface area contributed by atoms with Crippen LogP contribution in [-0.4, -0.2) is 13.1 Å². The molecule has 0 aromatic heterocycles. The van der Waals surface area contributed by atoms with Gasteiger partial charge in [0, 0.05) is 6.54 Å². The highest BCUT2D eigenvalue weighted by Crippen LogP contribution is 2.48. The summed E-state index contributed by atoms with van der Waals surface area (Å²) in [5, 5.41) is 3.57. The monoisotopic (exact) mass is 169 g/mol. The summed E-state index contributed by atoms with van der Waals surface area (Å²) < 4.78 is 0. The summed E-state index contributed by atoms with van der Waals surface area (Å²) >= 11 is 0. The van der Waals surface area contributed by atoms with Crippen LogP contribution < -0.4 is 5.32 Å². The van der Waals surface area contributed by atoms with Gasteiger partial charge in [-0.3, -0.25) is 0 Å². The minimum absolute atomic E-state index is 0.726. The lowest BCUT2D eigenvalue weighted by Crippen LogP contribution is -2.27. The van der Waals surface area contributed by atoms with E-state index in [2.05, 4.69) is 26.1 Å². The molecule has 0 bridgehead atoms. The van der Waals surface area contributed by atoms with Gasteiger partial charge in [0.15, 0.2) is 0 Å². The van der Waals surface area contributed by atoms with Crippen LogP contribution in [0.1, 0.15) is 46.5 Å². The maximum absolute atomic E-state index is 3.57. The summed E-state index contributed by atoms with van der Waals surface area (Å²) in [6, 6.07) is 0. The van der Waals surface area contributed by atoms with E-state index in [0.717, 1.165) is 11.3 Å². The van der Waals surface area contributed by atoms with Gasteiger partial charge in [0.05, 0.1) is 0 Å². The molecule has 0 atom stereocenters. The second-order valence-electron chi connectivity index (χ2n) is 4.77. The summed E-state index contributed by atoms with van der Waals surface area (Å²) in [5.41, 5.74) is 0.726. The highest BCUT2D eigenvalue weighted by Gasteiger charge is 2.40. The number of hydrogen-bond acceptors (Lipinski definition) is 1. The van der Waals surface area contributed by atoms with E-state index < -0.39 is 0 Å². The van der Waals surface area contributed by atoms with Gasteiger partial charge in [-0.1, -0.05) is 27.2 Å². The molecule has 0 aromatic carbocycles. The molecular formula is C11H23N. The zero-order chi connectivity index (χ0) is 9.03. The van der Waals surface area contributed by atoms with Gasteiger partial charge in [-0.15, -0.1) is 0 Å². The van der Waals surface area contributed by atoms with Gasteiger partial charge in [0.25, 0.3) is 0 Å². The molecule has 1 heteroatoms. The van der Waals surface area contributed by atoms with Gasteiger partial charge in [-0.05, 0) is 37.1 Å². The quantitative estimate of drug-likeness (QED) is 0.644. The highest BCUT2D eigenvalue weighted by atomic mass is 14.9. The first-order valence-electron chi connectivity index (χ1n) is 5.39. The zero-order valence-electron chi connectivity index (χ0n) is 8.82. The van der Waals surface area contributed by atoms with Gasteiger partial charge in [-0.25, -0.2) is 0 Å². The van der Waals surface area contributed by atoms with Crippen molar-refractivity contribution in [2.24, 2.45) is 11.3 Å². The van der Waals surface area contributed by atoms with E-state index in [1.165, 1.54) is 38.8 Å². The Bertz CT molecular complexity index is 125. The molecule has 1 nitrogen and oxygen atoms in total. The van der Waals surface area contributed by atoms with Crippen LogP contribution in [0, 0.1) is 11.3 Å². The van der Waals surface area contributed by atoms with Crippen LogP contribution in [0.15, 0.2) is 0 Å². The third-order valence-electron chi connectivity index (χ3n) is 2.79. The Hall–Kier alpha value is -0.0400. The van der Waals surface area contributed by atoms with Gasteiger partial charge in [0.1, 0.15) is 0 Å². The van der Waals surface area contributed by atoms with E-state index >= 15 is 0 Å². The molecule has 0 radical (unpaired) electrons. The van der Waals surface area contributed by atoms with Crippen molar-refractivity contribution in [3.8, 4) is 0 Å². The molecule has 0 amide bonds. The Morgan fingerprint density at radius 1 is 1.33 bits per heavy atom. The Kier molecular flexibility index (Phi) is 3.57. The molecular weight excluding hydrogens is 146 g/mol. The van der Waals surface area contributed by atoms with E-state index in [9.17, 15) is 0 Å². The molecule has 1 N–H and O–H groups in total. The first-order valence-corrected chi connectivity index (χ1v) is 5.39. The minimum atomic E-state index is 0.726. The van der Waals surface area contributed by atoms with E-state index in [-0.39, 0.29) is 0 Å². The van der Waals surface area contributed by atoms with Crippen molar-refractivity contribution in [2.75, 3.05) is 13.1 Å². The molecule has 0 heterocycles. The molecule has 1 rings (SSSR count). The molecule has 0 unspecified atom stereocenters. The van der Waals surface area contributed by atoms with Crippen molar-refractivity contribution < 1.29 is 0 Å². The van der Waals surface area contributed by atoms with Crippen molar-refractivity contribution >= 4 is 0 Å². The Balaban J connectivity index is 2.06. The van der Waals surface area contributed by atoms with Crippen LogP contribution in [0.5, 0.6) is 0 Å². The molecule has 0 aliphatic heterocycles. The third-order valence-corrected chi connectivity index (χ3v) is 2.79. The Morgan fingerprint density at radius 3 is 2.42 bits per heavy atom. The molecule has 0 saturated heterocycles. The summed E-state index contributed by atoms with van der Waals surface area (Å²) in [7, 11) is 0. The third kappa shape index (κ3) is 3.14. The van der Waals surface area contributed by atoms with E-state index in [1.807, 2.05) is 0 Å². The maximum atomic E-state index is 3.57. The molecule has 1 fully saturated rings. The Labute approximate surface area is 76.9 Å². The second kappa shape index (κ2) is 4.27. The predicted molar refractivity (Wildman–Crippen MR) is 54.3 cm³/mol. The number of hydrogen-bond donors (Lipinski definition) is 1. The average molecular weight is 169 g/mol. The second-order valence-corrected chi connectivity index (χ2v) is 4.77. The highest BCUT2D eigenvalue weighted by molar-refractivity contribution is 4.94. The fraction of sp³-hybridized carbons (Fsp3) is 1.00. The number of nitrogens with one attached hydrogen (secondary N) is 1. The lowest BCUT2D eigenvalue weighted by Gasteiger charge is -2.15. The van der Waals surface area contributed by atoms with Gasteiger partial charge in [-0.2, -0.15) is 0 Å². The smallest absolute Gasteiger partial charge is 0.000792 e. The van der Waals surface area contributed by atoms with Gasteiger partial charge in [0.2, 0.25) is 0 Å². The van der Waals surface area contributed by atoms with Gasteiger partial charge < -0.3 is 5.32 Å². The van der Waals surface area contributed by atoms with Crippen molar-refractivity contribution in [1.29, 1.82) is 0 Å². The van der Waals surface area contributed by atoms with Crippen LogP contribution in [0.3, 0.4) is 0 Å². The average Bonchev–Trinajstić information content (AvgIpc) is 2.69. The van der Waals surface area contributed by atoms with Gasteiger partial charge >= 0.3 is 0 Å². The van der Waals surface area contributed by atoms with Crippen LogP contribution >= 0.6 is 0 Å². The first kappa shape index (κ1) is 10.0. The summed E-state index contributed by atoms with van der Waals surface area (Å²) in [4.78, 5) is 0. The fourth-order valence-corrected chi connectivity index (χ4v) is 1.85. The molecule has 1 saturated carbocycles. The fourth-order valence-electron chi connectivity index (χ4n) is 1.85. The molecule has 1 aliphatic rings. The van der Waals surface area contributed by atoms with Crippen LogP contribution in [0.4, 0.5) is 0 Å². The van der Waals surface area contributed by atoms with Crippen LogP contribution in [0.2, 0.25) is 0 Å². The van der Waals surface area contributed by atoms with Crippen molar-refractivity contribution in [3.63, 3.8) is 0 Å². The van der Waals surface area contributed by atoms with Crippen LogP contribution in [0.25, 0.3) is 0 Å². The molecule has 0 aromatic rings. The predicted octanol–water partition coefficient (Wildman–Crippen LogP) is 2.81. The minimum Gasteiger partial charge on any atom is -0.316 e. The largest absolute Gasteiger partial charge is 0.316 e.